The quantitative estimate of drug-likeness (QED) is 0.303. The van der Waals surface area contributed by atoms with Gasteiger partial charge in [-0.3, -0.25) is 0 Å². The first kappa shape index (κ1) is 11.4. The zero-order valence-corrected chi connectivity index (χ0v) is 8.72. The molecule has 0 saturated carbocycles. The minimum atomic E-state index is -0.512. The van der Waals surface area contributed by atoms with Gasteiger partial charge in [0, 0.05) is 20.3 Å². The standard InChI is InChI=1S/C9H20N2O/c1-6-9(5,8(3,4)10)11(12)7-2/h7H,6,10H2,1-5H3/b11-7-. The molecule has 0 saturated heterocycles. The van der Waals surface area contributed by atoms with Crippen molar-refractivity contribution in [2.75, 3.05) is 0 Å². The highest BCUT2D eigenvalue weighted by molar-refractivity contribution is 5.47. The summed E-state index contributed by atoms with van der Waals surface area (Å²) in [5.74, 6) is 0. The van der Waals surface area contributed by atoms with Crippen molar-refractivity contribution in [1.29, 1.82) is 0 Å². The molecule has 0 spiro atoms. The first-order valence-electron chi connectivity index (χ1n) is 4.34. The third-order valence-corrected chi connectivity index (χ3v) is 2.80. The van der Waals surface area contributed by atoms with Crippen LogP contribution < -0.4 is 5.73 Å². The van der Waals surface area contributed by atoms with Gasteiger partial charge in [-0.25, -0.2) is 4.74 Å². The van der Waals surface area contributed by atoms with E-state index in [-0.39, 0.29) is 0 Å². The van der Waals surface area contributed by atoms with Crippen LogP contribution in [-0.4, -0.2) is 22.0 Å². The molecule has 2 N–H and O–H groups in total. The molecular weight excluding hydrogens is 152 g/mol. The Kier molecular flexibility index (Phi) is 3.27. The predicted molar refractivity (Wildman–Crippen MR) is 52.3 cm³/mol. The molecule has 0 rings (SSSR count). The van der Waals surface area contributed by atoms with Crippen molar-refractivity contribution < 1.29 is 4.74 Å². The largest absolute Gasteiger partial charge is 0.624 e. The fourth-order valence-corrected chi connectivity index (χ4v) is 1.18. The van der Waals surface area contributed by atoms with Crippen molar-refractivity contribution in [3.8, 4) is 0 Å². The summed E-state index contributed by atoms with van der Waals surface area (Å²) < 4.78 is 0.951. The Morgan fingerprint density at radius 3 is 1.92 bits per heavy atom. The molecule has 72 valence electrons. The van der Waals surface area contributed by atoms with E-state index < -0.39 is 11.1 Å². The highest BCUT2D eigenvalue weighted by Crippen LogP contribution is 2.25. The van der Waals surface area contributed by atoms with Gasteiger partial charge < -0.3 is 10.9 Å². The molecule has 0 aliphatic carbocycles. The zero-order chi connectivity index (χ0) is 9.99. The minimum absolute atomic E-state index is 0.490. The average molecular weight is 172 g/mol. The van der Waals surface area contributed by atoms with Gasteiger partial charge >= 0.3 is 0 Å². The van der Waals surface area contributed by atoms with Gasteiger partial charge in [-0.15, -0.1) is 0 Å². The molecular formula is C9H20N2O. The summed E-state index contributed by atoms with van der Waals surface area (Å²) >= 11 is 0. The van der Waals surface area contributed by atoms with Crippen LogP contribution in [0.2, 0.25) is 0 Å². The van der Waals surface area contributed by atoms with E-state index in [4.69, 9.17) is 5.73 Å². The zero-order valence-electron chi connectivity index (χ0n) is 8.72. The molecule has 0 aromatic carbocycles. The molecule has 0 aliphatic heterocycles. The van der Waals surface area contributed by atoms with Crippen molar-refractivity contribution in [1.82, 2.24) is 0 Å². The van der Waals surface area contributed by atoms with Gasteiger partial charge in [-0.2, -0.15) is 0 Å². The molecule has 1 unspecified atom stereocenters. The Morgan fingerprint density at radius 2 is 1.83 bits per heavy atom. The number of hydroxylamine groups is 1. The predicted octanol–water partition coefficient (Wildman–Crippen LogP) is 1.49. The Morgan fingerprint density at radius 1 is 1.42 bits per heavy atom. The number of nitrogens with two attached hydrogens (primary N) is 1. The number of hydrogen-bond donors (Lipinski definition) is 1. The lowest BCUT2D eigenvalue weighted by Gasteiger charge is -2.38. The van der Waals surface area contributed by atoms with Gasteiger partial charge in [-0.05, 0) is 13.8 Å². The molecule has 0 fully saturated rings. The van der Waals surface area contributed by atoms with E-state index in [0.29, 0.717) is 0 Å². The van der Waals surface area contributed by atoms with Gasteiger partial charge in [0.15, 0.2) is 5.54 Å². The number of hydrogen-bond acceptors (Lipinski definition) is 2. The van der Waals surface area contributed by atoms with Crippen LogP contribution in [0.1, 0.15) is 41.0 Å². The molecule has 0 aromatic rings. The first-order chi connectivity index (χ1) is 5.29. The third-order valence-electron chi connectivity index (χ3n) is 2.80. The Hall–Kier alpha value is -0.570. The van der Waals surface area contributed by atoms with E-state index in [1.165, 1.54) is 6.21 Å². The van der Waals surface area contributed by atoms with Crippen molar-refractivity contribution in [3.63, 3.8) is 0 Å². The molecule has 3 heteroatoms. The lowest BCUT2D eigenvalue weighted by atomic mass is 9.80. The van der Waals surface area contributed by atoms with E-state index in [2.05, 4.69) is 0 Å². The summed E-state index contributed by atoms with van der Waals surface area (Å²) in [6, 6.07) is 0. The second-order valence-electron chi connectivity index (χ2n) is 3.93. The summed E-state index contributed by atoms with van der Waals surface area (Å²) in [6.45, 7) is 9.35. The maximum absolute atomic E-state index is 11.5. The van der Waals surface area contributed by atoms with Gasteiger partial charge in [0.2, 0.25) is 0 Å². The molecule has 0 heterocycles. The lowest BCUT2D eigenvalue weighted by Crippen LogP contribution is -2.59. The van der Waals surface area contributed by atoms with Crippen molar-refractivity contribution in [2.45, 2.75) is 52.1 Å². The van der Waals surface area contributed by atoms with Crippen molar-refractivity contribution >= 4 is 6.21 Å². The maximum Gasteiger partial charge on any atom is 0.186 e. The fraction of sp³-hybridized carbons (Fsp3) is 0.889. The Labute approximate surface area is 74.9 Å². The van der Waals surface area contributed by atoms with Gasteiger partial charge in [0.25, 0.3) is 0 Å². The molecule has 0 aromatic heterocycles. The summed E-state index contributed by atoms with van der Waals surface area (Å²) in [4.78, 5) is 0. The maximum atomic E-state index is 11.5. The SMILES string of the molecule is C/C=[N+](\[O-])C(C)(CC)C(C)(C)N. The third kappa shape index (κ3) is 1.78. The summed E-state index contributed by atoms with van der Waals surface area (Å²) in [6.07, 6.45) is 2.27. The molecule has 3 nitrogen and oxygen atoms in total. The molecule has 0 aliphatic rings. The van der Waals surface area contributed by atoms with Crippen LogP contribution in [0.5, 0.6) is 0 Å². The normalized spacial score (nSPS) is 19.0. The highest BCUT2D eigenvalue weighted by atomic mass is 16.5. The second kappa shape index (κ2) is 3.44. The second-order valence-corrected chi connectivity index (χ2v) is 3.93. The number of nitrogens with zero attached hydrogens (tertiary/aromatic N) is 1. The molecule has 1 atom stereocenters. The highest BCUT2D eigenvalue weighted by Gasteiger charge is 2.44. The Balaban J connectivity index is 4.94. The summed E-state index contributed by atoms with van der Waals surface area (Å²) in [7, 11) is 0. The van der Waals surface area contributed by atoms with Gasteiger partial charge in [0.05, 0.1) is 5.54 Å². The molecule has 12 heavy (non-hydrogen) atoms. The van der Waals surface area contributed by atoms with Crippen LogP contribution in [0.4, 0.5) is 0 Å². The van der Waals surface area contributed by atoms with Gasteiger partial charge in [0.1, 0.15) is 6.21 Å². The number of rotatable bonds is 3. The first-order valence-corrected chi connectivity index (χ1v) is 4.34. The van der Waals surface area contributed by atoms with E-state index >= 15 is 0 Å². The van der Waals surface area contributed by atoms with E-state index in [1.807, 2.05) is 27.7 Å². The van der Waals surface area contributed by atoms with Crippen molar-refractivity contribution in [2.24, 2.45) is 5.73 Å². The van der Waals surface area contributed by atoms with E-state index in [9.17, 15) is 5.21 Å². The van der Waals surface area contributed by atoms with Crippen molar-refractivity contribution in [3.05, 3.63) is 5.21 Å². The summed E-state index contributed by atoms with van der Waals surface area (Å²) in [5, 5.41) is 11.5. The average Bonchev–Trinajstić information content (AvgIpc) is 1.99. The Bertz CT molecular complexity index is 181. The van der Waals surface area contributed by atoms with Crippen LogP contribution >= 0.6 is 0 Å². The smallest absolute Gasteiger partial charge is 0.186 e. The van der Waals surface area contributed by atoms with Crippen LogP contribution in [0.15, 0.2) is 0 Å². The van der Waals surface area contributed by atoms with E-state index in [1.54, 1.807) is 6.92 Å². The van der Waals surface area contributed by atoms with Gasteiger partial charge in [-0.1, -0.05) is 6.92 Å². The van der Waals surface area contributed by atoms with Crippen LogP contribution in [0, 0.1) is 5.21 Å². The monoisotopic (exact) mass is 172 g/mol. The summed E-state index contributed by atoms with van der Waals surface area (Å²) in [5.41, 5.74) is 4.94. The minimum Gasteiger partial charge on any atom is -0.624 e. The topological polar surface area (TPSA) is 52.1 Å². The lowest BCUT2D eigenvalue weighted by molar-refractivity contribution is -0.554. The molecule has 0 radical (unpaired) electrons. The van der Waals surface area contributed by atoms with Crippen LogP contribution in [-0.2, 0) is 0 Å². The van der Waals surface area contributed by atoms with Crippen LogP contribution in [0.3, 0.4) is 0 Å². The molecule has 0 bridgehead atoms. The molecule has 0 amide bonds. The van der Waals surface area contributed by atoms with E-state index in [0.717, 1.165) is 11.2 Å². The van der Waals surface area contributed by atoms with Crippen LogP contribution in [0.25, 0.3) is 0 Å². The fourth-order valence-electron chi connectivity index (χ4n) is 1.18.